The molecule has 7 rings (SSSR count). The normalized spacial score (nSPS) is 30.6. The van der Waals surface area contributed by atoms with Crippen molar-refractivity contribution in [2.24, 2.45) is 0 Å². The highest BCUT2D eigenvalue weighted by Gasteiger charge is 2.40. The van der Waals surface area contributed by atoms with Crippen molar-refractivity contribution in [1.29, 1.82) is 0 Å². The fraction of sp³-hybridized carbons (Fsp3) is 0.593. The van der Waals surface area contributed by atoms with E-state index in [1.54, 1.807) is 0 Å². The van der Waals surface area contributed by atoms with Crippen molar-refractivity contribution in [1.82, 2.24) is 24.6 Å². The molecule has 4 saturated heterocycles. The van der Waals surface area contributed by atoms with Crippen LogP contribution in [-0.4, -0.2) is 93.5 Å². The minimum absolute atomic E-state index is 0.110. The maximum absolute atomic E-state index is 11.2. The fourth-order valence-electron chi connectivity index (χ4n) is 6.72. The molecule has 190 valence electrons. The molecule has 4 aliphatic heterocycles. The van der Waals surface area contributed by atoms with Crippen LogP contribution in [0.5, 0.6) is 0 Å². The summed E-state index contributed by atoms with van der Waals surface area (Å²) in [5.41, 5.74) is 3.43. The molecule has 0 amide bonds. The number of hydrogen-bond donors (Lipinski definition) is 1. The monoisotopic (exact) mass is 490 g/mol. The largest absolute Gasteiger partial charge is 0.391 e. The van der Waals surface area contributed by atoms with Crippen LogP contribution in [0.4, 0.5) is 5.82 Å². The van der Waals surface area contributed by atoms with Gasteiger partial charge in [0.1, 0.15) is 11.6 Å². The molecule has 0 aliphatic carbocycles. The number of ether oxygens (including phenoxy) is 2. The molecule has 1 N–H and O–H groups in total. The summed E-state index contributed by atoms with van der Waals surface area (Å²) in [4.78, 5) is 14.3. The Morgan fingerprint density at radius 2 is 1.89 bits per heavy atom. The molecule has 0 unspecified atom stereocenters. The van der Waals surface area contributed by atoms with Gasteiger partial charge in [-0.1, -0.05) is 0 Å². The number of aliphatic hydroxyl groups is 1. The van der Waals surface area contributed by atoms with Crippen LogP contribution < -0.4 is 4.90 Å². The van der Waals surface area contributed by atoms with Crippen LogP contribution in [0.1, 0.15) is 42.1 Å². The van der Waals surface area contributed by atoms with Crippen molar-refractivity contribution < 1.29 is 14.6 Å². The van der Waals surface area contributed by atoms with Crippen molar-refractivity contribution in [2.75, 3.05) is 44.4 Å². The molecule has 0 spiro atoms. The highest BCUT2D eigenvalue weighted by molar-refractivity contribution is 5.82. The van der Waals surface area contributed by atoms with Gasteiger partial charge in [0.15, 0.2) is 5.82 Å². The van der Waals surface area contributed by atoms with Crippen molar-refractivity contribution >= 4 is 16.7 Å². The van der Waals surface area contributed by atoms with Gasteiger partial charge < -0.3 is 19.5 Å². The molecule has 4 fully saturated rings. The van der Waals surface area contributed by atoms with Gasteiger partial charge in [0, 0.05) is 43.1 Å². The minimum Gasteiger partial charge on any atom is -0.391 e. The molecule has 0 radical (unpaired) electrons. The summed E-state index contributed by atoms with van der Waals surface area (Å²) in [6.07, 6.45) is 4.90. The van der Waals surface area contributed by atoms with E-state index in [0.717, 1.165) is 80.5 Å². The molecular formula is C27H34N6O3. The number of likely N-dealkylation sites (tertiary alicyclic amines) is 1. The fourth-order valence-corrected chi connectivity index (χ4v) is 6.72. The van der Waals surface area contributed by atoms with Crippen LogP contribution in [0.2, 0.25) is 0 Å². The van der Waals surface area contributed by atoms with Gasteiger partial charge >= 0.3 is 0 Å². The van der Waals surface area contributed by atoms with Gasteiger partial charge in [-0.15, -0.1) is 0 Å². The van der Waals surface area contributed by atoms with Crippen LogP contribution in [0.25, 0.3) is 16.7 Å². The minimum atomic E-state index is -0.396. The van der Waals surface area contributed by atoms with Gasteiger partial charge in [0.25, 0.3) is 0 Å². The molecule has 3 aromatic rings. The zero-order chi connectivity index (χ0) is 24.4. The van der Waals surface area contributed by atoms with Crippen LogP contribution in [-0.2, 0) is 9.47 Å². The number of rotatable bonds is 4. The third kappa shape index (κ3) is 3.80. The molecule has 9 nitrogen and oxygen atoms in total. The number of nitrogens with zero attached hydrogens (tertiary/aromatic N) is 6. The van der Waals surface area contributed by atoms with Gasteiger partial charge in [-0.25, -0.2) is 14.6 Å². The topological polar surface area (TPSA) is 88.8 Å². The van der Waals surface area contributed by atoms with Crippen molar-refractivity contribution in [3.05, 3.63) is 41.3 Å². The predicted molar refractivity (Wildman–Crippen MR) is 136 cm³/mol. The highest BCUT2D eigenvalue weighted by atomic mass is 16.5. The van der Waals surface area contributed by atoms with Gasteiger partial charge in [0.05, 0.1) is 43.2 Å². The van der Waals surface area contributed by atoms with Crippen molar-refractivity contribution in [3.8, 4) is 5.82 Å². The maximum Gasteiger partial charge on any atom is 0.159 e. The summed E-state index contributed by atoms with van der Waals surface area (Å²) in [5, 5.41) is 17.0. The Kier molecular flexibility index (Phi) is 5.50. The molecule has 1 aromatic carbocycles. The number of aliphatic hydroxyl groups excluding tert-OH is 1. The molecule has 0 saturated carbocycles. The Hall–Kier alpha value is -2.59. The van der Waals surface area contributed by atoms with E-state index in [9.17, 15) is 5.11 Å². The van der Waals surface area contributed by atoms with Crippen LogP contribution in [0.15, 0.2) is 24.4 Å². The van der Waals surface area contributed by atoms with E-state index < -0.39 is 6.10 Å². The Morgan fingerprint density at radius 3 is 2.64 bits per heavy atom. The van der Waals surface area contributed by atoms with E-state index in [-0.39, 0.29) is 5.92 Å². The molecule has 6 heterocycles. The quantitative estimate of drug-likeness (QED) is 0.596. The lowest BCUT2D eigenvalue weighted by molar-refractivity contribution is 0.0264. The third-order valence-electron chi connectivity index (χ3n) is 8.61. The first-order chi connectivity index (χ1) is 17.5. The molecule has 2 aromatic heterocycles. The summed E-state index contributed by atoms with van der Waals surface area (Å²) < 4.78 is 13.3. The second kappa shape index (κ2) is 8.76. The average Bonchev–Trinajstić information content (AvgIpc) is 3.68. The van der Waals surface area contributed by atoms with Gasteiger partial charge in [-0.05, 0) is 62.9 Å². The standard InChI is InChI=1S/C27H34N6O3/c1-16-7-18-11-28-33(27-10-26(29-17(2)30-27)32-12-21-8-20(32)15-36-21)24(18)9-23(16)22-3-5-31(13-25(22)34)19-4-6-35-14-19/h7,9-11,19-22,25,34H,3-6,8,12-15H2,1-2H3/t19-,20-,21-,22+,25+/m0/s1. The SMILES string of the molecule is Cc1nc(N2C[C@@H]3C[C@H]2CO3)cc(-n2ncc3cc(C)c([C@H]4CCN([C@H]5CCOC5)C[C@H]4O)cc32)n1. The maximum atomic E-state index is 11.2. The second-order valence-corrected chi connectivity index (χ2v) is 10.9. The number of benzene rings is 1. The van der Waals surface area contributed by atoms with Gasteiger partial charge in [-0.3, -0.25) is 4.90 Å². The number of aryl methyl sites for hydroxylation is 2. The van der Waals surface area contributed by atoms with Gasteiger partial charge in [-0.2, -0.15) is 5.10 Å². The Labute approximate surface area is 211 Å². The lowest BCUT2D eigenvalue weighted by Crippen LogP contribution is -2.48. The number of morpholine rings is 1. The second-order valence-electron chi connectivity index (χ2n) is 10.9. The number of hydrogen-bond acceptors (Lipinski definition) is 8. The Bertz CT molecular complexity index is 1290. The smallest absolute Gasteiger partial charge is 0.159 e. The average molecular weight is 491 g/mol. The molecular weight excluding hydrogens is 456 g/mol. The lowest BCUT2D eigenvalue weighted by Gasteiger charge is -2.39. The zero-order valence-corrected chi connectivity index (χ0v) is 21.0. The van der Waals surface area contributed by atoms with E-state index in [4.69, 9.17) is 24.5 Å². The van der Waals surface area contributed by atoms with Crippen LogP contribution >= 0.6 is 0 Å². The first-order valence-electron chi connectivity index (χ1n) is 13.3. The number of piperidine rings is 1. The van der Waals surface area contributed by atoms with Crippen molar-refractivity contribution in [2.45, 2.75) is 63.3 Å². The summed E-state index contributed by atoms with van der Waals surface area (Å²) in [7, 11) is 0. The lowest BCUT2D eigenvalue weighted by atomic mass is 9.84. The van der Waals surface area contributed by atoms with Crippen LogP contribution in [0.3, 0.4) is 0 Å². The highest BCUT2D eigenvalue weighted by Crippen LogP contribution is 2.36. The molecule has 4 aliphatic rings. The van der Waals surface area contributed by atoms with Crippen LogP contribution in [0, 0.1) is 13.8 Å². The zero-order valence-electron chi connectivity index (χ0n) is 21.0. The third-order valence-corrected chi connectivity index (χ3v) is 8.61. The molecule has 5 atom stereocenters. The van der Waals surface area contributed by atoms with E-state index in [2.05, 4.69) is 34.9 Å². The van der Waals surface area contributed by atoms with E-state index in [1.165, 1.54) is 11.1 Å². The number of fused-ring (bicyclic) bond motifs is 3. The van der Waals surface area contributed by atoms with Gasteiger partial charge in [0.2, 0.25) is 0 Å². The van der Waals surface area contributed by atoms with E-state index >= 15 is 0 Å². The number of anilines is 1. The van der Waals surface area contributed by atoms with Crippen molar-refractivity contribution in [3.63, 3.8) is 0 Å². The molecule has 2 bridgehead atoms. The number of aromatic nitrogens is 4. The molecule has 36 heavy (non-hydrogen) atoms. The summed E-state index contributed by atoms with van der Waals surface area (Å²) in [5.74, 6) is 2.57. The summed E-state index contributed by atoms with van der Waals surface area (Å²) in [6, 6.07) is 7.31. The Balaban J connectivity index is 1.21. The number of β-amino-alcohol motifs (C(OH)–C–C–N with tert-alkyl or cyclic N) is 1. The van der Waals surface area contributed by atoms with E-state index in [1.807, 2.05) is 17.8 Å². The molecule has 9 heteroatoms. The first kappa shape index (κ1) is 22.6. The first-order valence-corrected chi connectivity index (χ1v) is 13.3. The Morgan fingerprint density at radius 1 is 1.00 bits per heavy atom. The van der Waals surface area contributed by atoms with E-state index in [0.29, 0.717) is 24.7 Å². The summed E-state index contributed by atoms with van der Waals surface area (Å²) in [6.45, 7) is 9.05. The summed E-state index contributed by atoms with van der Waals surface area (Å²) >= 11 is 0. The predicted octanol–water partition coefficient (Wildman–Crippen LogP) is 2.35.